The van der Waals surface area contributed by atoms with Crippen LogP contribution in [0.2, 0.25) is 10.0 Å². The Balaban J connectivity index is 2.69. The maximum absolute atomic E-state index is 11.7. The third-order valence-corrected chi connectivity index (χ3v) is 3.12. The molecule has 1 rings (SSSR count). The van der Waals surface area contributed by atoms with E-state index in [1.807, 2.05) is 0 Å². The molecule has 0 bridgehead atoms. The van der Waals surface area contributed by atoms with Crippen LogP contribution in [0.15, 0.2) is 18.2 Å². The number of rotatable bonds is 5. The second-order valence-corrected chi connectivity index (χ2v) is 4.67. The fraction of sp³-hybridized carbons (Fsp3) is 0.333. The molecule has 0 aromatic heterocycles. The maximum Gasteiger partial charge on any atom is 0.325 e. The topological polar surface area (TPSA) is 75.6 Å². The molecule has 1 unspecified atom stereocenters. The zero-order chi connectivity index (χ0) is 14.6. The van der Waals surface area contributed by atoms with Crippen LogP contribution >= 0.6 is 23.2 Å². The van der Waals surface area contributed by atoms with Crippen molar-refractivity contribution >= 4 is 35.1 Å². The predicted octanol–water partition coefficient (Wildman–Crippen LogP) is 2.35. The normalized spacial score (nSPS) is 13.5. The van der Waals surface area contributed by atoms with Gasteiger partial charge in [0, 0.05) is 0 Å². The molecule has 5 nitrogen and oxygen atoms in total. The average molecular weight is 306 g/mol. The van der Waals surface area contributed by atoms with Crippen molar-refractivity contribution < 1.29 is 19.4 Å². The van der Waals surface area contributed by atoms with Gasteiger partial charge in [0.1, 0.15) is 16.8 Å². The van der Waals surface area contributed by atoms with Gasteiger partial charge in [0.25, 0.3) is 5.91 Å². The van der Waals surface area contributed by atoms with Crippen molar-refractivity contribution in [3.63, 3.8) is 0 Å². The molecule has 1 amide bonds. The van der Waals surface area contributed by atoms with Gasteiger partial charge in [-0.15, -0.1) is 0 Å². The summed E-state index contributed by atoms with van der Waals surface area (Å²) < 4.78 is 5.35. The highest BCUT2D eigenvalue weighted by molar-refractivity contribution is 6.42. The highest BCUT2D eigenvalue weighted by atomic mass is 35.5. The van der Waals surface area contributed by atoms with Gasteiger partial charge in [0.15, 0.2) is 6.10 Å². The summed E-state index contributed by atoms with van der Waals surface area (Å²) in [6.07, 6.45) is -0.891. The van der Waals surface area contributed by atoms with Crippen LogP contribution in [-0.4, -0.2) is 29.1 Å². The first-order valence-electron chi connectivity index (χ1n) is 5.46. The van der Waals surface area contributed by atoms with Gasteiger partial charge in [-0.3, -0.25) is 9.59 Å². The zero-order valence-corrected chi connectivity index (χ0v) is 11.8. The fourth-order valence-electron chi connectivity index (χ4n) is 1.21. The molecule has 0 aliphatic heterocycles. The first-order valence-corrected chi connectivity index (χ1v) is 6.22. The van der Waals surface area contributed by atoms with Gasteiger partial charge >= 0.3 is 5.97 Å². The molecule has 104 valence electrons. The number of aliphatic carboxylic acids is 1. The van der Waals surface area contributed by atoms with Crippen LogP contribution in [0.3, 0.4) is 0 Å². The van der Waals surface area contributed by atoms with E-state index in [2.05, 4.69) is 5.32 Å². The van der Waals surface area contributed by atoms with Crippen molar-refractivity contribution in [1.82, 2.24) is 5.32 Å². The minimum Gasteiger partial charge on any atom is -0.480 e. The number of ether oxygens (including phenoxy) is 1. The van der Waals surface area contributed by atoms with Gasteiger partial charge in [0.2, 0.25) is 0 Å². The Kier molecular flexibility index (Phi) is 5.44. The quantitative estimate of drug-likeness (QED) is 0.875. The number of hydrogen-bond acceptors (Lipinski definition) is 3. The Hall–Kier alpha value is -1.46. The monoisotopic (exact) mass is 305 g/mol. The molecule has 0 fully saturated rings. The standard InChI is InChI=1S/C12H13Cl2NO4/c1-6(12(17)18)15-11(16)7(2)19-9-5-3-4-8(13)10(9)14/h3-7H,1-2H3,(H,15,16)(H,17,18)/t6-,7?/m0/s1. The number of hydrogen-bond donors (Lipinski definition) is 2. The number of benzene rings is 1. The number of carboxylic acids is 1. The summed E-state index contributed by atoms with van der Waals surface area (Å²) in [5.41, 5.74) is 0. The van der Waals surface area contributed by atoms with E-state index in [0.29, 0.717) is 5.02 Å². The smallest absolute Gasteiger partial charge is 0.325 e. The Bertz CT molecular complexity index is 493. The third-order valence-electron chi connectivity index (χ3n) is 2.32. The Morgan fingerprint density at radius 1 is 1.32 bits per heavy atom. The van der Waals surface area contributed by atoms with Gasteiger partial charge in [-0.2, -0.15) is 0 Å². The molecule has 0 saturated carbocycles. The summed E-state index contributed by atoms with van der Waals surface area (Å²) in [5, 5.41) is 11.5. The van der Waals surface area contributed by atoms with Crippen molar-refractivity contribution in [2.24, 2.45) is 0 Å². The molecular weight excluding hydrogens is 293 g/mol. The second-order valence-electron chi connectivity index (χ2n) is 3.88. The van der Waals surface area contributed by atoms with Crippen molar-refractivity contribution in [2.75, 3.05) is 0 Å². The maximum atomic E-state index is 11.7. The Morgan fingerprint density at radius 2 is 1.95 bits per heavy atom. The van der Waals surface area contributed by atoms with Gasteiger partial charge in [-0.1, -0.05) is 29.3 Å². The van der Waals surface area contributed by atoms with Gasteiger partial charge in [0.05, 0.1) is 5.02 Å². The van der Waals surface area contributed by atoms with E-state index in [1.54, 1.807) is 18.2 Å². The highest BCUT2D eigenvalue weighted by Gasteiger charge is 2.21. The largest absolute Gasteiger partial charge is 0.480 e. The van der Waals surface area contributed by atoms with Gasteiger partial charge < -0.3 is 15.2 Å². The SMILES string of the molecule is CC(Oc1cccc(Cl)c1Cl)C(=O)N[C@@H](C)C(=O)O. The minimum absolute atomic E-state index is 0.204. The van der Waals surface area contributed by atoms with Crippen molar-refractivity contribution in [3.05, 3.63) is 28.2 Å². The first kappa shape index (κ1) is 15.6. The van der Waals surface area contributed by atoms with E-state index >= 15 is 0 Å². The van der Waals surface area contributed by atoms with Crippen LogP contribution in [-0.2, 0) is 9.59 Å². The minimum atomic E-state index is -1.12. The number of halogens is 2. The summed E-state index contributed by atoms with van der Waals surface area (Å²) in [6.45, 7) is 2.85. The van der Waals surface area contributed by atoms with Crippen LogP contribution in [0.25, 0.3) is 0 Å². The van der Waals surface area contributed by atoms with E-state index < -0.39 is 24.0 Å². The van der Waals surface area contributed by atoms with Crippen molar-refractivity contribution in [2.45, 2.75) is 26.0 Å². The first-order chi connectivity index (χ1) is 8.82. The zero-order valence-electron chi connectivity index (χ0n) is 10.3. The van der Waals surface area contributed by atoms with Gasteiger partial charge in [-0.25, -0.2) is 0 Å². The lowest BCUT2D eigenvalue weighted by molar-refractivity contribution is -0.142. The molecule has 0 aliphatic carbocycles. The molecule has 0 spiro atoms. The Labute approximate surface area is 120 Å². The molecule has 19 heavy (non-hydrogen) atoms. The van der Waals surface area contributed by atoms with Crippen LogP contribution < -0.4 is 10.1 Å². The van der Waals surface area contributed by atoms with Crippen LogP contribution in [0, 0.1) is 0 Å². The summed E-state index contributed by atoms with van der Waals surface area (Å²) in [5.74, 6) is -1.41. The van der Waals surface area contributed by atoms with Gasteiger partial charge in [-0.05, 0) is 26.0 Å². The summed E-state index contributed by atoms with van der Waals surface area (Å²) >= 11 is 11.7. The van der Waals surface area contributed by atoms with Crippen molar-refractivity contribution in [3.8, 4) is 5.75 Å². The van der Waals surface area contributed by atoms with E-state index in [0.717, 1.165) is 0 Å². The average Bonchev–Trinajstić information content (AvgIpc) is 2.34. The van der Waals surface area contributed by atoms with E-state index in [-0.39, 0.29) is 10.8 Å². The van der Waals surface area contributed by atoms with Crippen LogP contribution in [0.4, 0.5) is 0 Å². The number of nitrogens with one attached hydrogen (secondary N) is 1. The predicted molar refractivity (Wildman–Crippen MR) is 71.8 cm³/mol. The highest BCUT2D eigenvalue weighted by Crippen LogP contribution is 2.32. The number of carboxylic acid groups (broad SMARTS) is 1. The van der Waals surface area contributed by atoms with E-state index in [4.69, 9.17) is 33.0 Å². The molecule has 0 radical (unpaired) electrons. The molecule has 2 N–H and O–H groups in total. The molecule has 0 saturated heterocycles. The molecule has 2 atom stereocenters. The molecule has 0 heterocycles. The summed E-state index contributed by atoms with van der Waals surface area (Å²) in [6, 6.07) is 3.80. The van der Waals surface area contributed by atoms with E-state index in [9.17, 15) is 9.59 Å². The van der Waals surface area contributed by atoms with E-state index in [1.165, 1.54) is 13.8 Å². The molecular formula is C12H13Cl2NO4. The van der Waals surface area contributed by atoms with Crippen LogP contribution in [0.5, 0.6) is 5.75 Å². The van der Waals surface area contributed by atoms with Crippen LogP contribution in [0.1, 0.15) is 13.8 Å². The summed E-state index contributed by atoms with van der Waals surface area (Å²) in [4.78, 5) is 22.3. The summed E-state index contributed by atoms with van der Waals surface area (Å²) in [7, 11) is 0. The lowest BCUT2D eigenvalue weighted by Gasteiger charge is -2.17. The number of carbonyl (C=O) groups excluding carboxylic acids is 1. The molecule has 0 aliphatic rings. The number of carbonyl (C=O) groups is 2. The number of amides is 1. The Morgan fingerprint density at radius 3 is 2.53 bits per heavy atom. The fourth-order valence-corrected chi connectivity index (χ4v) is 1.55. The molecule has 7 heteroatoms. The molecule has 1 aromatic rings. The lowest BCUT2D eigenvalue weighted by atomic mass is 10.3. The third kappa shape index (κ3) is 4.29. The lowest BCUT2D eigenvalue weighted by Crippen LogP contribution is -2.44. The second kappa shape index (κ2) is 6.63. The molecule has 1 aromatic carbocycles. The van der Waals surface area contributed by atoms with Crippen molar-refractivity contribution in [1.29, 1.82) is 0 Å².